The fourth-order valence-corrected chi connectivity index (χ4v) is 0.794. The van der Waals surface area contributed by atoms with Gasteiger partial charge in [-0.1, -0.05) is 11.5 Å². The predicted octanol–water partition coefficient (Wildman–Crippen LogP) is 0.210. The zero-order chi connectivity index (χ0) is 8.43. The number of halogens is 1. The van der Waals surface area contributed by atoms with Crippen LogP contribution in [0.2, 0.25) is 0 Å². The van der Waals surface area contributed by atoms with Gasteiger partial charge in [-0.3, -0.25) is 0 Å². The summed E-state index contributed by atoms with van der Waals surface area (Å²) >= 11 is 0. The maximum absolute atomic E-state index is 12.9. The zero-order valence-corrected chi connectivity index (χ0v) is 6.10. The van der Waals surface area contributed by atoms with E-state index < -0.39 is 5.82 Å². The summed E-state index contributed by atoms with van der Waals surface area (Å²) in [5.74, 6) is -0.600. The van der Waals surface area contributed by atoms with Crippen molar-refractivity contribution in [2.45, 2.75) is 0 Å². The predicted molar refractivity (Wildman–Crippen MR) is 42.8 cm³/mol. The van der Waals surface area contributed by atoms with E-state index in [2.05, 4.69) is 4.74 Å². The lowest BCUT2D eigenvalue weighted by Gasteiger charge is -2.06. The molecule has 0 heterocycles. The first-order chi connectivity index (χ1) is 5.16. The Labute approximate surface area is 65.6 Å². The van der Waals surface area contributed by atoms with Crippen LogP contribution in [0.25, 0.3) is 0 Å². The van der Waals surface area contributed by atoms with Crippen LogP contribution in [-0.2, 0) is 0 Å². The van der Waals surface area contributed by atoms with Gasteiger partial charge in [-0.15, -0.1) is 0 Å². The van der Waals surface area contributed by atoms with E-state index in [0.29, 0.717) is 0 Å². The molecule has 0 amide bonds. The molecule has 11 heavy (non-hydrogen) atoms. The molecular formula is C7H7BFNO. The molecule has 2 N–H and O–H groups in total. The molecule has 0 aromatic heterocycles. The van der Waals surface area contributed by atoms with Gasteiger partial charge in [-0.2, -0.15) is 0 Å². The average Bonchev–Trinajstić information content (AvgIpc) is 1.99. The Kier molecular flexibility index (Phi) is 2.03. The van der Waals surface area contributed by atoms with Crippen LogP contribution in [0.15, 0.2) is 12.1 Å². The van der Waals surface area contributed by atoms with Gasteiger partial charge in [0.1, 0.15) is 7.85 Å². The highest BCUT2D eigenvalue weighted by Crippen LogP contribution is 2.21. The maximum atomic E-state index is 12.9. The molecule has 0 bridgehead atoms. The largest absolute Gasteiger partial charge is 0.492 e. The maximum Gasteiger partial charge on any atom is 0.176 e. The van der Waals surface area contributed by atoms with Gasteiger partial charge >= 0.3 is 0 Å². The third kappa shape index (κ3) is 1.29. The van der Waals surface area contributed by atoms with E-state index in [4.69, 9.17) is 13.6 Å². The first-order valence-electron chi connectivity index (χ1n) is 3.04. The number of anilines is 1. The first kappa shape index (κ1) is 7.92. The van der Waals surface area contributed by atoms with Crippen LogP contribution in [-0.4, -0.2) is 15.0 Å². The van der Waals surface area contributed by atoms with Crippen LogP contribution in [0.1, 0.15) is 0 Å². The van der Waals surface area contributed by atoms with Crippen molar-refractivity contribution in [2.75, 3.05) is 12.8 Å². The number of benzene rings is 1. The molecule has 2 nitrogen and oxygen atoms in total. The van der Waals surface area contributed by atoms with Crippen LogP contribution >= 0.6 is 0 Å². The number of nitrogens with two attached hydrogens (primary N) is 1. The Morgan fingerprint density at radius 2 is 2.18 bits per heavy atom. The molecule has 0 saturated heterocycles. The lowest BCUT2D eigenvalue weighted by Crippen LogP contribution is -2.11. The van der Waals surface area contributed by atoms with Crippen molar-refractivity contribution >= 4 is 19.0 Å². The average molecular weight is 151 g/mol. The van der Waals surface area contributed by atoms with Crippen molar-refractivity contribution < 1.29 is 9.13 Å². The van der Waals surface area contributed by atoms with Gasteiger partial charge in [0, 0.05) is 0 Å². The molecule has 1 aromatic carbocycles. The number of hydrogen-bond acceptors (Lipinski definition) is 2. The van der Waals surface area contributed by atoms with Gasteiger partial charge in [-0.05, 0) is 6.07 Å². The lowest BCUT2D eigenvalue weighted by atomic mass is 9.95. The van der Waals surface area contributed by atoms with E-state index in [9.17, 15) is 4.39 Å². The number of methoxy groups -OCH3 is 1. The van der Waals surface area contributed by atoms with Crippen molar-refractivity contribution in [3.05, 3.63) is 17.9 Å². The molecule has 0 aliphatic heterocycles. The van der Waals surface area contributed by atoms with Gasteiger partial charge in [0.25, 0.3) is 0 Å². The highest BCUT2D eigenvalue weighted by atomic mass is 19.1. The van der Waals surface area contributed by atoms with Crippen LogP contribution in [0, 0.1) is 5.82 Å². The van der Waals surface area contributed by atoms with Crippen molar-refractivity contribution in [1.82, 2.24) is 0 Å². The van der Waals surface area contributed by atoms with Gasteiger partial charge in [0.15, 0.2) is 11.6 Å². The Hall–Kier alpha value is -1.19. The second-order valence-electron chi connectivity index (χ2n) is 2.09. The van der Waals surface area contributed by atoms with Crippen molar-refractivity contribution in [1.29, 1.82) is 0 Å². The van der Waals surface area contributed by atoms with E-state index in [-0.39, 0.29) is 16.9 Å². The molecule has 0 aliphatic rings. The van der Waals surface area contributed by atoms with Crippen LogP contribution in [0.3, 0.4) is 0 Å². The quantitative estimate of drug-likeness (QED) is 0.459. The summed E-state index contributed by atoms with van der Waals surface area (Å²) in [6.07, 6.45) is 0. The highest BCUT2D eigenvalue weighted by Gasteiger charge is 2.07. The Bertz CT molecular complexity index is 277. The Morgan fingerprint density at radius 3 is 2.64 bits per heavy atom. The zero-order valence-electron chi connectivity index (χ0n) is 6.10. The standard InChI is InChI=1S/C7H7BFNO/c1-11-7-5(10)3-2-4(8)6(7)9/h2-3H,10H2,1H3. The summed E-state index contributed by atoms with van der Waals surface area (Å²) in [6, 6.07) is 2.89. The van der Waals surface area contributed by atoms with Crippen LogP contribution in [0.5, 0.6) is 5.75 Å². The van der Waals surface area contributed by atoms with Crippen molar-refractivity contribution in [3.63, 3.8) is 0 Å². The molecule has 0 aliphatic carbocycles. The smallest absolute Gasteiger partial charge is 0.176 e. The SMILES string of the molecule is [B]c1ccc(N)c(OC)c1F. The molecule has 56 valence electrons. The fourth-order valence-electron chi connectivity index (χ4n) is 0.794. The van der Waals surface area contributed by atoms with Crippen molar-refractivity contribution in [3.8, 4) is 5.75 Å². The van der Waals surface area contributed by atoms with E-state index in [1.165, 1.54) is 19.2 Å². The number of ether oxygens (including phenoxy) is 1. The molecule has 0 unspecified atom stereocenters. The minimum Gasteiger partial charge on any atom is -0.492 e. The van der Waals surface area contributed by atoms with E-state index >= 15 is 0 Å². The van der Waals surface area contributed by atoms with Gasteiger partial charge in [0.2, 0.25) is 0 Å². The fraction of sp³-hybridized carbons (Fsp3) is 0.143. The molecule has 1 rings (SSSR count). The summed E-state index contributed by atoms with van der Waals surface area (Å²) in [5, 5.41) is 0. The highest BCUT2D eigenvalue weighted by molar-refractivity contribution is 6.32. The third-order valence-corrected chi connectivity index (χ3v) is 1.36. The monoisotopic (exact) mass is 151 g/mol. The number of rotatable bonds is 1. The van der Waals surface area contributed by atoms with Crippen LogP contribution in [0.4, 0.5) is 10.1 Å². The Balaban J connectivity index is 3.29. The summed E-state index contributed by atoms with van der Waals surface area (Å²) in [4.78, 5) is 0. The number of hydrogen-bond donors (Lipinski definition) is 1. The molecule has 0 saturated carbocycles. The van der Waals surface area contributed by atoms with Gasteiger partial charge < -0.3 is 10.5 Å². The van der Waals surface area contributed by atoms with Gasteiger partial charge in [0.05, 0.1) is 12.8 Å². The van der Waals surface area contributed by atoms with E-state index in [0.717, 1.165) is 0 Å². The van der Waals surface area contributed by atoms with E-state index in [1.807, 2.05) is 0 Å². The summed E-state index contributed by atoms with van der Waals surface area (Å²) in [6.45, 7) is 0. The third-order valence-electron chi connectivity index (χ3n) is 1.36. The minimum atomic E-state index is -0.604. The lowest BCUT2D eigenvalue weighted by molar-refractivity contribution is 0.390. The second-order valence-corrected chi connectivity index (χ2v) is 2.09. The molecule has 0 atom stereocenters. The summed E-state index contributed by atoms with van der Waals surface area (Å²) in [5.41, 5.74) is 5.67. The summed E-state index contributed by atoms with van der Waals surface area (Å²) < 4.78 is 17.6. The minimum absolute atomic E-state index is 0.00463. The molecule has 2 radical (unpaired) electrons. The number of nitrogen functional groups attached to an aromatic ring is 1. The summed E-state index contributed by atoms with van der Waals surface area (Å²) in [7, 11) is 6.60. The van der Waals surface area contributed by atoms with E-state index in [1.54, 1.807) is 0 Å². The molecule has 0 fully saturated rings. The van der Waals surface area contributed by atoms with Crippen molar-refractivity contribution in [2.24, 2.45) is 0 Å². The molecule has 4 heteroatoms. The first-order valence-corrected chi connectivity index (χ1v) is 3.04. The topological polar surface area (TPSA) is 35.2 Å². The second kappa shape index (κ2) is 2.82. The molecule has 0 spiro atoms. The van der Waals surface area contributed by atoms with Crippen LogP contribution < -0.4 is 15.9 Å². The molecule has 1 aromatic rings. The molecular weight excluding hydrogens is 144 g/mol. The normalized spacial score (nSPS) is 9.64. The Morgan fingerprint density at radius 1 is 1.55 bits per heavy atom. The van der Waals surface area contributed by atoms with Gasteiger partial charge in [-0.25, -0.2) is 4.39 Å².